The average molecular weight is 234 g/mol. The summed E-state index contributed by atoms with van der Waals surface area (Å²) in [7, 11) is 0. The third-order valence-corrected chi connectivity index (χ3v) is 3.12. The molecule has 0 aliphatic rings. The van der Waals surface area contributed by atoms with Crippen molar-refractivity contribution < 1.29 is 4.79 Å². The molecule has 0 bridgehead atoms. The van der Waals surface area contributed by atoms with Crippen LogP contribution in [0.1, 0.15) is 30.9 Å². The highest BCUT2D eigenvalue weighted by atomic mass is 16.1. The van der Waals surface area contributed by atoms with Crippen LogP contribution >= 0.6 is 0 Å². The number of rotatable bonds is 6. The minimum Gasteiger partial charge on any atom is -0.352 e. The number of benzene rings is 1. The molecule has 0 aromatic heterocycles. The maximum absolute atomic E-state index is 11.7. The van der Waals surface area contributed by atoms with Crippen molar-refractivity contribution in [2.75, 3.05) is 6.54 Å². The summed E-state index contributed by atoms with van der Waals surface area (Å²) in [5, 5.41) is 2.94. The number of hydrogen-bond acceptors (Lipinski definition) is 2. The smallest absolute Gasteiger partial charge is 0.220 e. The number of carbonyl (C=O) groups is 1. The Morgan fingerprint density at radius 3 is 2.71 bits per heavy atom. The van der Waals surface area contributed by atoms with E-state index in [0.717, 1.165) is 6.42 Å². The molecule has 0 spiro atoms. The Morgan fingerprint density at radius 2 is 2.12 bits per heavy atom. The van der Waals surface area contributed by atoms with E-state index in [1.165, 1.54) is 11.1 Å². The Morgan fingerprint density at radius 1 is 1.41 bits per heavy atom. The van der Waals surface area contributed by atoms with Gasteiger partial charge < -0.3 is 11.1 Å². The van der Waals surface area contributed by atoms with Crippen LogP contribution in [0.2, 0.25) is 0 Å². The largest absolute Gasteiger partial charge is 0.352 e. The minimum atomic E-state index is 0.0885. The Balaban J connectivity index is 2.41. The van der Waals surface area contributed by atoms with Crippen LogP contribution in [0.5, 0.6) is 0 Å². The number of nitrogens with one attached hydrogen (secondary N) is 1. The number of amides is 1. The van der Waals surface area contributed by atoms with E-state index in [4.69, 9.17) is 5.73 Å². The first kappa shape index (κ1) is 13.7. The van der Waals surface area contributed by atoms with Crippen molar-refractivity contribution in [1.29, 1.82) is 0 Å². The fraction of sp³-hybridized carbons (Fsp3) is 0.500. The normalized spacial score (nSPS) is 12.2. The quantitative estimate of drug-likeness (QED) is 0.791. The zero-order valence-corrected chi connectivity index (χ0v) is 10.7. The van der Waals surface area contributed by atoms with Gasteiger partial charge in [0, 0.05) is 13.0 Å². The lowest BCUT2D eigenvalue weighted by molar-refractivity contribution is -0.122. The molecular weight excluding hydrogens is 212 g/mol. The fourth-order valence-electron chi connectivity index (χ4n) is 1.73. The molecule has 0 fully saturated rings. The van der Waals surface area contributed by atoms with E-state index in [0.29, 0.717) is 25.4 Å². The average Bonchev–Trinajstić information content (AvgIpc) is 2.35. The van der Waals surface area contributed by atoms with Gasteiger partial charge in [-0.05, 0) is 30.5 Å². The summed E-state index contributed by atoms with van der Waals surface area (Å²) >= 11 is 0. The molecular formula is C14H22N2O. The van der Waals surface area contributed by atoms with Gasteiger partial charge in [-0.2, -0.15) is 0 Å². The molecule has 0 saturated carbocycles. The summed E-state index contributed by atoms with van der Waals surface area (Å²) in [6.45, 7) is 5.29. The van der Waals surface area contributed by atoms with Crippen molar-refractivity contribution in [1.82, 2.24) is 5.32 Å². The van der Waals surface area contributed by atoms with Gasteiger partial charge in [0.25, 0.3) is 0 Å². The van der Waals surface area contributed by atoms with Crippen molar-refractivity contribution in [2.45, 2.75) is 33.2 Å². The summed E-state index contributed by atoms with van der Waals surface area (Å²) in [6.07, 6.45) is 1.48. The van der Waals surface area contributed by atoms with Crippen LogP contribution in [0.3, 0.4) is 0 Å². The third kappa shape index (κ3) is 4.57. The van der Waals surface area contributed by atoms with Crippen LogP contribution in [0.25, 0.3) is 0 Å². The van der Waals surface area contributed by atoms with Gasteiger partial charge in [0.15, 0.2) is 0 Å². The minimum absolute atomic E-state index is 0.0885. The van der Waals surface area contributed by atoms with Gasteiger partial charge in [0.05, 0.1) is 0 Å². The van der Waals surface area contributed by atoms with Crippen molar-refractivity contribution in [2.24, 2.45) is 11.7 Å². The molecule has 0 aliphatic carbocycles. The first-order valence-electron chi connectivity index (χ1n) is 6.18. The molecule has 17 heavy (non-hydrogen) atoms. The predicted molar refractivity (Wildman–Crippen MR) is 70.5 cm³/mol. The van der Waals surface area contributed by atoms with Crippen LogP contribution in [-0.4, -0.2) is 12.5 Å². The second-order valence-electron chi connectivity index (χ2n) is 4.42. The molecule has 1 amide bonds. The molecule has 3 heteroatoms. The highest BCUT2D eigenvalue weighted by Crippen LogP contribution is 2.08. The zero-order valence-electron chi connectivity index (χ0n) is 10.7. The van der Waals surface area contributed by atoms with Crippen LogP contribution in [0.4, 0.5) is 0 Å². The van der Waals surface area contributed by atoms with Crippen molar-refractivity contribution in [3.05, 3.63) is 35.4 Å². The summed E-state index contributed by atoms with van der Waals surface area (Å²) < 4.78 is 0. The fourth-order valence-corrected chi connectivity index (χ4v) is 1.73. The van der Waals surface area contributed by atoms with E-state index in [1.54, 1.807) is 0 Å². The molecule has 0 radical (unpaired) electrons. The van der Waals surface area contributed by atoms with E-state index >= 15 is 0 Å². The predicted octanol–water partition coefficient (Wildman–Crippen LogP) is 1.99. The summed E-state index contributed by atoms with van der Waals surface area (Å²) in [5.41, 5.74) is 7.96. The monoisotopic (exact) mass is 234 g/mol. The SMILES string of the molecule is CCC(CN)CC(=O)NCc1ccccc1C. The second-order valence-corrected chi connectivity index (χ2v) is 4.42. The number of nitrogens with two attached hydrogens (primary N) is 1. The molecule has 94 valence electrons. The van der Waals surface area contributed by atoms with Crippen LogP contribution in [0, 0.1) is 12.8 Å². The zero-order chi connectivity index (χ0) is 12.7. The molecule has 0 saturated heterocycles. The van der Waals surface area contributed by atoms with Crippen molar-refractivity contribution in [3.63, 3.8) is 0 Å². The molecule has 0 heterocycles. The van der Waals surface area contributed by atoms with Gasteiger partial charge in [0.2, 0.25) is 5.91 Å². The Hall–Kier alpha value is -1.35. The van der Waals surface area contributed by atoms with Crippen LogP contribution < -0.4 is 11.1 Å². The third-order valence-electron chi connectivity index (χ3n) is 3.12. The van der Waals surface area contributed by atoms with Gasteiger partial charge in [0.1, 0.15) is 0 Å². The molecule has 1 rings (SSSR count). The highest BCUT2D eigenvalue weighted by Gasteiger charge is 2.10. The molecule has 1 aromatic carbocycles. The van der Waals surface area contributed by atoms with E-state index < -0.39 is 0 Å². The molecule has 1 unspecified atom stereocenters. The summed E-state index contributed by atoms with van der Waals surface area (Å²) in [5.74, 6) is 0.387. The van der Waals surface area contributed by atoms with E-state index in [9.17, 15) is 4.79 Å². The van der Waals surface area contributed by atoms with Crippen molar-refractivity contribution in [3.8, 4) is 0 Å². The van der Waals surface area contributed by atoms with E-state index in [1.807, 2.05) is 18.2 Å². The van der Waals surface area contributed by atoms with E-state index in [2.05, 4.69) is 25.2 Å². The van der Waals surface area contributed by atoms with Gasteiger partial charge in [-0.1, -0.05) is 37.6 Å². The van der Waals surface area contributed by atoms with Crippen LogP contribution in [0.15, 0.2) is 24.3 Å². The van der Waals surface area contributed by atoms with E-state index in [-0.39, 0.29) is 5.91 Å². The Labute approximate surface area is 103 Å². The Kier molecular flexibility index (Phi) is 5.70. The van der Waals surface area contributed by atoms with Gasteiger partial charge >= 0.3 is 0 Å². The molecule has 3 nitrogen and oxygen atoms in total. The molecule has 1 aromatic rings. The second kappa shape index (κ2) is 7.07. The number of carbonyl (C=O) groups excluding carboxylic acids is 1. The molecule has 1 atom stereocenters. The first-order chi connectivity index (χ1) is 8.17. The van der Waals surface area contributed by atoms with Gasteiger partial charge in [-0.3, -0.25) is 4.79 Å². The lowest BCUT2D eigenvalue weighted by Gasteiger charge is -2.12. The summed E-state index contributed by atoms with van der Waals surface area (Å²) in [6, 6.07) is 8.08. The summed E-state index contributed by atoms with van der Waals surface area (Å²) in [4.78, 5) is 11.7. The number of hydrogen-bond donors (Lipinski definition) is 2. The topological polar surface area (TPSA) is 55.1 Å². The molecule has 0 aliphatic heterocycles. The number of aryl methyl sites for hydroxylation is 1. The Bertz CT molecular complexity index is 359. The van der Waals surface area contributed by atoms with Gasteiger partial charge in [-0.15, -0.1) is 0 Å². The first-order valence-corrected chi connectivity index (χ1v) is 6.18. The maximum atomic E-state index is 11.7. The lowest BCUT2D eigenvalue weighted by atomic mass is 10.0. The van der Waals surface area contributed by atoms with Crippen molar-refractivity contribution >= 4 is 5.91 Å². The maximum Gasteiger partial charge on any atom is 0.220 e. The lowest BCUT2D eigenvalue weighted by Crippen LogP contribution is -2.27. The highest BCUT2D eigenvalue weighted by molar-refractivity contribution is 5.76. The van der Waals surface area contributed by atoms with Crippen LogP contribution in [-0.2, 0) is 11.3 Å². The standard InChI is InChI=1S/C14H22N2O/c1-3-12(9-15)8-14(17)16-10-13-7-5-4-6-11(13)2/h4-7,12H,3,8-10,15H2,1-2H3,(H,16,17). The molecule has 3 N–H and O–H groups in total. The van der Waals surface area contributed by atoms with Gasteiger partial charge in [-0.25, -0.2) is 0 Å².